The van der Waals surface area contributed by atoms with Crippen LogP contribution in [-0.4, -0.2) is 53.0 Å². The molecule has 1 aromatic rings. The Bertz CT molecular complexity index is 649. The van der Waals surface area contributed by atoms with Gasteiger partial charge in [0.1, 0.15) is 0 Å². The molecule has 1 aliphatic carbocycles. The van der Waals surface area contributed by atoms with Crippen molar-refractivity contribution in [2.45, 2.75) is 63.5 Å². The van der Waals surface area contributed by atoms with E-state index >= 15 is 0 Å². The molecule has 3 fully saturated rings. The van der Waals surface area contributed by atoms with E-state index < -0.39 is 5.60 Å². The van der Waals surface area contributed by atoms with Gasteiger partial charge in [0, 0.05) is 25.0 Å². The summed E-state index contributed by atoms with van der Waals surface area (Å²) in [5, 5.41) is 11.7. The second kappa shape index (κ2) is 7.92. The second-order valence-corrected chi connectivity index (χ2v) is 8.76. The van der Waals surface area contributed by atoms with Gasteiger partial charge >= 0.3 is 0 Å². The normalized spacial score (nSPS) is 34.9. The van der Waals surface area contributed by atoms with E-state index in [1.807, 2.05) is 18.2 Å². The van der Waals surface area contributed by atoms with Crippen molar-refractivity contribution in [3.8, 4) is 0 Å². The SMILES string of the molecule is CCN1CCCC(C(=O)N2CCC(O)(c3ccccc3)C3CCCCC32)C1. The number of amides is 1. The van der Waals surface area contributed by atoms with E-state index in [4.69, 9.17) is 0 Å². The zero-order valence-electron chi connectivity index (χ0n) is 16.6. The number of piperidine rings is 2. The van der Waals surface area contributed by atoms with Gasteiger partial charge < -0.3 is 14.9 Å². The van der Waals surface area contributed by atoms with Crippen molar-refractivity contribution in [3.63, 3.8) is 0 Å². The maximum atomic E-state index is 13.4. The summed E-state index contributed by atoms with van der Waals surface area (Å²) in [5.41, 5.74) is 0.245. The van der Waals surface area contributed by atoms with Gasteiger partial charge in [0.15, 0.2) is 0 Å². The van der Waals surface area contributed by atoms with Crippen molar-refractivity contribution in [2.24, 2.45) is 11.8 Å². The maximum Gasteiger partial charge on any atom is 0.227 e. The molecule has 1 amide bonds. The van der Waals surface area contributed by atoms with E-state index in [9.17, 15) is 9.90 Å². The Kier molecular flexibility index (Phi) is 5.56. The van der Waals surface area contributed by atoms with Crippen LogP contribution in [0.3, 0.4) is 0 Å². The molecule has 0 aromatic heterocycles. The highest BCUT2D eigenvalue weighted by Gasteiger charge is 2.50. The number of carbonyl (C=O) groups is 1. The van der Waals surface area contributed by atoms with Crippen molar-refractivity contribution in [2.75, 3.05) is 26.2 Å². The van der Waals surface area contributed by atoms with E-state index in [0.29, 0.717) is 18.9 Å². The second-order valence-electron chi connectivity index (χ2n) is 8.76. The highest BCUT2D eigenvalue weighted by Crippen LogP contribution is 2.47. The average Bonchev–Trinajstić information content (AvgIpc) is 2.74. The van der Waals surface area contributed by atoms with Crippen LogP contribution in [0.2, 0.25) is 0 Å². The van der Waals surface area contributed by atoms with E-state index in [0.717, 1.165) is 57.3 Å². The minimum atomic E-state index is -0.787. The lowest BCUT2D eigenvalue weighted by Gasteiger charge is -2.53. The molecule has 0 spiro atoms. The summed E-state index contributed by atoms with van der Waals surface area (Å²) in [6.07, 6.45) is 7.19. The summed E-state index contributed by atoms with van der Waals surface area (Å²) in [7, 11) is 0. The fourth-order valence-electron chi connectivity index (χ4n) is 5.82. The minimum Gasteiger partial charge on any atom is -0.385 e. The summed E-state index contributed by atoms with van der Waals surface area (Å²) in [6.45, 7) is 5.94. The number of hydrogen-bond donors (Lipinski definition) is 1. The van der Waals surface area contributed by atoms with Crippen molar-refractivity contribution in [1.82, 2.24) is 9.80 Å². The predicted molar refractivity (Wildman–Crippen MR) is 107 cm³/mol. The first-order valence-electron chi connectivity index (χ1n) is 10.9. The highest BCUT2D eigenvalue weighted by atomic mass is 16.3. The number of benzene rings is 1. The number of likely N-dealkylation sites (tertiary alicyclic amines) is 2. The van der Waals surface area contributed by atoms with E-state index in [1.54, 1.807) is 0 Å². The number of fused-ring (bicyclic) bond motifs is 1. The molecule has 4 rings (SSSR count). The lowest BCUT2D eigenvalue weighted by atomic mass is 9.66. The number of rotatable bonds is 3. The van der Waals surface area contributed by atoms with Gasteiger partial charge in [0.25, 0.3) is 0 Å². The third-order valence-electron chi connectivity index (χ3n) is 7.34. The first kappa shape index (κ1) is 18.9. The van der Waals surface area contributed by atoms with Gasteiger partial charge in [-0.05, 0) is 50.8 Å². The molecule has 3 aliphatic rings. The molecule has 1 aromatic carbocycles. The summed E-state index contributed by atoms with van der Waals surface area (Å²) in [6, 6.07) is 10.4. The van der Waals surface area contributed by atoms with Gasteiger partial charge in [-0.1, -0.05) is 50.1 Å². The largest absolute Gasteiger partial charge is 0.385 e. The van der Waals surface area contributed by atoms with E-state index in [2.05, 4.69) is 28.9 Å². The quantitative estimate of drug-likeness (QED) is 0.887. The fourth-order valence-corrected chi connectivity index (χ4v) is 5.82. The smallest absolute Gasteiger partial charge is 0.227 e. The molecule has 2 heterocycles. The standard InChI is InChI=1S/C23H34N2O2/c1-2-24-15-8-9-18(17-24)22(26)25-16-14-23(27,19-10-4-3-5-11-19)20-12-6-7-13-21(20)25/h3-5,10-11,18,20-21,27H,2,6-9,12-17H2,1H3. The number of hydrogen-bond acceptors (Lipinski definition) is 3. The Labute approximate surface area is 163 Å². The van der Waals surface area contributed by atoms with Crippen LogP contribution in [0.5, 0.6) is 0 Å². The van der Waals surface area contributed by atoms with Gasteiger partial charge in [-0.25, -0.2) is 0 Å². The third kappa shape index (κ3) is 3.54. The third-order valence-corrected chi connectivity index (χ3v) is 7.34. The van der Waals surface area contributed by atoms with Gasteiger partial charge in [0.2, 0.25) is 5.91 Å². The number of carbonyl (C=O) groups excluding carboxylic acids is 1. The molecule has 4 atom stereocenters. The van der Waals surface area contributed by atoms with Gasteiger partial charge in [-0.15, -0.1) is 0 Å². The molecule has 2 saturated heterocycles. The molecular weight excluding hydrogens is 336 g/mol. The van der Waals surface area contributed by atoms with Crippen LogP contribution in [0.25, 0.3) is 0 Å². The first-order valence-corrected chi connectivity index (χ1v) is 10.9. The van der Waals surface area contributed by atoms with Crippen LogP contribution >= 0.6 is 0 Å². The zero-order chi connectivity index (χ0) is 18.9. The van der Waals surface area contributed by atoms with Crippen molar-refractivity contribution in [1.29, 1.82) is 0 Å². The summed E-state index contributed by atoms with van der Waals surface area (Å²) < 4.78 is 0. The van der Waals surface area contributed by atoms with E-state index in [1.165, 1.54) is 6.42 Å². The van der Waals surface area contributed by atoms with Crippen LogP contribution in [-0.2, 0) is 10.4 Å². The molecule has 148 valence electrons. The lowest BCUT2D eigenvalue weighted by molar-refractivity contribution is -0.160. The summed E-state index contributed by atoms with van der Waals surface area (Å²) in [5.74, 6) is 0.654. The average molecular weight is 371 g/mol. The molecule has 27 heavy (non-hydrogen) atoms. The topological polar surface area (TPSA) is 43.8 Å². The van der Waals surface area contributed by atoms with Crippen LogP contribution in [0, 0.1) is 11.8 Å². The predicted octanol–water partition coefficient (Wildman–Crippen LogP) is 3.40. The van der Waals surface area contributed by atoms with Crippen LogP contribution in [0.15, 0.2) is 30.3 Å². The molecule has 4 unspecified atom stereocenters. The lowest BCUT2D eigenvalue weighted by Crippen LogP contribution is -2.60. The summed E-state index contributed by atoms with van der Waals surface area (Å²) >= 11 is 0. The van der Waals surface area contributed by atoms with Gasteiger partial charge in [-0.2, -0.15) is 0 Å². The Morgan fingerprint density at radius 3 is 2.67 bits per heavy atom. The maximum absolute atomic E-state index is 13.4. The minimum absolute atomic E-state index is 0.143. The Morgan fingerprint density at radius 1 is 1.11 bits per heavy atom. The molecule has 4 nitrogen and oxygen atoms in total. The fraction of sp³-hybridized carbons (Fsp3) is 0.696. The van der Waals surface area contributed by atoms with Gasteiger partial charge in [0.05, 0.1) is 11.5 Å². The van der Waals surface area contributed by atoms with Crippen LogP contribution in [0.1, 0.15) is 57.4 Å². The summed E-state index contributed by atoms with van der Waals surface area (Å²) in [4.78, 5) is 18.0. The Balaban J connectivity index is 1.56. The molecular formula is C23H34N2O2. The van der Waals surface area contributed by atoms with Gasteiger partial charge in [-0.3, -0.25) is 4.79 Å². The molecule has 1 saturated carbocycles. The Morgan fingerprint density at radius 2 is 1.89 bits per heavy atom. The molecule has 0 radical (unpaired) electrons. The van der Waals surface area contributed by atoms with Crippen molar-refractivity contribution in [3.05, 3.63) is 35.9 Å². The van der Waals surface area contributed by atoms with Crippen LogP contribution in [0.4, 0.5) is 0 Å². The number of nitrogens with zero attached hydrogens (tertiary/aromatic N) is 2. The number of aliphatic hydroxyl groups is 1. The van der Waals surface area contributed by atoms with Crippen molar-refractivity contribution < 1.29 is 9.90 Å². The van der Waals surface area contributed by atoms with E-state index in [-0.39, 0.29) is 17.9 Å². The molecule has 4 heteroatoms. The monoisotopic (exact) mass is 370 g/mol. The Hall–Kier alpha value is -1.39. The van der Waals surface area contributed by atoms with Crippen molar-refractivity contribution >= 4 is 5.91 Å². The molecule has 1 N–H and O–H groups in total. The first-order chi connectivity index (χ1) is 13.1. The zero-order valence-corrected chi connectivity index (χ0v) is 16.6. The molecule has 2 aliphatic heterocycles. The highest BCUT2D eigenvalue weighted by molar-refractivity contribution is 5.79. The molecule has 0 bridgehead atoms. The van der Waals surface area contributed by atoms with Crippen LogP contribution < -0.4 is 0 Å².